The molecule has 0 spiro atoms. The fourth-order valence-electron chi connectivity index (χ4n) is 10.1. The number of hydrogen-bond donors (Lipinski definition) is 13. The van der Waals surface area contributed by atoms with Crippen molar-refractivity contribution in [3.63, 3.8) is 0 Å². The van der Waals surface area contributed by atoms with E-state index in [4.69, 9.17) is 65.1 Å². The first-order chi connectivity index (χ1) is 40.8. The van der Waals surface area contributed by atoms with E-state index in [1.807, 2.05) is 91.0 Å². The molecule has 17 atom stereocenters. The number of hydrogen-bond acceptors (Lipinski definition) is 26. The lowest BCUT2D eigenvalue weighted by Gasteiger charge is -2.36. The van der Waals surface area contributed by atoms with E-state index in [0.717, 1.165) is 23.4 Å². The molecular weight excluding hydrogens is 1200 g/mol. The third-order valence-electron chi connectivity index (χ3n) is 14.7. The molecule has 478 valence electrons. The molecule has 0 bridgehead atoms. The molecule has 87 heavy (non-hydrogen) atoms. The molecule has 4 saturated heterocycles. The number of nitrogen functional groups attached to an aromatic ring is 1. The number of carboxylic acid groups (broad SMARTS) is 1. The van der Waals surface area contributed by atoms with Crippen LogP contribution < -0.4 is 16.9 Å². The molecule has 5 aromatic rings. The highest BCUT2D eigenvalue weighted by molar-refractivity contribution is 7.69. The topological polar surface area (TPSA) is 473 Å². The summed E-state index contributed by atoms with van der Waals surface area (Å²) >= 11 is 0. The second kappa shape index (κ2) is 31.2. The number of esters is 2. The minimum atomic E-state index is -3.98. The average Bonchev–Trinajstić information content (AvgIpc) is 1.00. The Hall–Kier alpha value is -5.70. The van der Waals surface area contributed by atoms with Gasteiger partial charge < -0.3 is 90.7 Å². The monoisotopic (exact) mass is 1280 g/mol. The number of benzene rings is 3. The summed E-state index contributed by atoms with van der Waals surface area (Å²) in [6, 6.07) is 28.3. The average molecular weight is 1280 g/mol. The number of imidazole rings is 1. The highest BCUT2D eigenvalue weighted by Crippen LogP contribution is 2.61. The molecule has 0 radical (unpaired) electrons. The summed E-state index contributed by atoms with van der Waals surface area (Å²) in [5.41, 5.74) is 14.1. The van der Waals surface area contributed by atoms with E-state index < -0.39 is 143 Å². The zero-order chi connectivity index (χ0) is 62.7. The quantitative estimate of drug-likeness (QED) is 0.0111. The van der Waals surface area contributed by atoms with Crippen LogP contribution in [-0.4, -0.2) is 219 Å². The molecule has 0 saturated carbocycles. The number of nitrogens with two attached hydrogens (primary N) is 3. The number of carbonyl (C=O) groups excluding carboxylic acids is 2. The number of nitrogens with zero attached hydrogens (tertiary/aromatic N) is 4. The van der Waals surface area contributed by atoms with Gasteiger partial charge in [0.25, 0.3) is 0 Å². The van der Waals surface area contributed by atoms with E-state index in [2.05, 4.69) is 19.7 Å². The largest absolute Gasteiger partial charge is 0.480 e. The molecule has 5 unspecified atom stereocenters. The van der Waals surface area contributed by atoms with Crippen molar-refractivity contribution < 1.29 is 113 Å². The van der Waals surface area contributed by atoms with Crippen LogP contribution in [0.15, 0.2) is 104 Å². The first-order valence-electron chi connectivity index (χ1n) is 27.4. The van der Waals surface area contributed by atoms with Crippen LogP contribution in [0.5, 0.6) is 0 Å². The summed E-state index contributed by atoms with van der Waals surface area (Å²) < 4.78 is 66.1. The fraction of sp³-hybridized carbons (Fsp3) is 0.509. The lowest BCUT2D eigenvalue weighted by atomic mass is 9.80. The predicted octanol–water partition coefficient (Wildman–Crippen LogP) is -1.39. The highest BCUT2D eigenvalue weighted by Gasteiger charge is 2.49. The fourth-order valence-corrected chi connectivity index (χ4v) is 14.2. The SMILES string of the molecule is CP(=O)(CCC1O[C@@H](n2cnc3c(N)ncnc32)[C@H](O)[C@@H]1O)OP(C)(=O)OC[C@H]1OC(CC(=[NH2+])CCCCC(N)C(=O)O)[C@H](O)[C@@H]1O.O=C1O[C@H](CO)[C@@H](O)[C@H]1O.O=C1O[C@H](COC(c2ccccc2)(c2ccccc2)c2ccccc2)[C@@H](O)[C@H]1O.S. The lowest BCUT2D eigenvalue weighted by Crippen LogP contribution is -2.43. The molecule has 3 aromatic carbocycles. The minimum absolute atomic E-state index is 0. The van der Waals surface area contributed by atoms with Gasteiger partial charge in [-0.25, -0.2) is 24.5 Å². The van der Waals surface area contributed by atoms with Gasteiger partial charge in [0.05, 0.1) is 44.8 Å². The summed E-state index contributed by atoms with van der Waals surface area (Å²) in [7, 11) is -7.59. The molecule has 29 nitrogen and oxygen atoms in total. The number of fused-ring (bicyclic) bond motifs is 1. The molecular formula is C55H76N7O22P2S+. The Morgan fingerprint density at radius 2 is 1.24 bits per heavy atom. The number of carboxylic acids is 1. The van der Waals surface area contributed by atoms with Crippen LogP contribution in [-0.2, 0) is 61.6 Å². The van der Waals surface area contributed by atoms with Crippen LogP contribution in [0.2, 0.25) is 0 Å². The number of aliphatic hydroxyl groups is 9. The van der Waals surface area contributed by atoms with E-state index in [0.29, 0.717) is 36.9 Å². The number of aliphatic hydroxyl groups excluding tert-OH is 9. The molecule has 4 aliphatic rings. The number of aliphatic carboxylic acids is 1. The third kappa shape index (κ3) is 17.4. The number of rotatable bonds is 24. The van der Waals surface area contributed by atoms with Crippen LogP contribution in [0.3, 0.4) is 0 Å². The summed E-state index contributed by atoms with van der Waals surface area (Å²) in [6.07, 6.45) is -12.7. The molecule has 16 N–H and O–H groups in total. The number of aromatic nitrogens is 4. The lowest BCUT2D eigenvalue weighted by molar-refractivity contribution is -0.150. The summed E-state index contributed by atoms with van der Waals surface area (Å²) in [4.78, 5) is 45.0. The first kappa shape index (κ1) is 70.4. The van der Waals surface area contributed by atoms with Crippen LogP contribution >= 0.6 is 28.5 Å². The molecule has 6 heterocycles. The van der Waals surface area contributed by atoms with E-state index in [9.17, 15) is 54.2 Å². The van der Waals surface area contributed by atoms with Gasteiger partial charge in [-0.3, -0.25) is 28.2 Å². The van der Waals surface area contributed by atoms with E-state index >= 15 is 0 Å². The van der Waals surface area contributed by atoms with Gasteiger partial charge in [0.1, 0.15) is 66.2 Å². The van der Waals surface area contributed by atoms with Crippen molar-refractivity contribution in [3.8, 4) is 0 Å². The van der Waals surface area contributed by atoms with Gasteiger partial charge in [0.2, 0.25) is 7.37 Å². The van der Waals surface area contributed by atoms with Gasteiger partial charge in [-0.05, 0) is 36.0 Å². The normalized spacial score (nSPS) is 28.6. The Kier molecular flexibility index (Phi) is 25.2. The van der Waals surface area contributed by atoms with E-state index in [-0.39, 0.29) is 50.6 Å². The highest BCUT2D eigenvalue weighted by atomic mass is 32.1. The van der Waals surface area contributed by atoms with Crippen molar-refractivity contribution in [1.82, 2.24) is 19.5 Å². The Morgan fingerprint density at radius 1 is 0.713 bits per heavy atom. The molecule has 4 aliphatic heterocycles. The second-order valence-corrected chi connectivity index (χ2v) is 26.1. The molecule has 9 rings (SSSR count). The first-order valence-corrected chi connectivity index (χ1v) is 31.6. The van der Waals surface area contributed by atoms with Gasteiger partial charge in [-0.2, -0.15) is 13.5 Å². The van der Waals surface area contributed by atoms with Crippen molar-refractivity contribution in [2.24, 2.45) is 5.73 Å². The maximum absolute atomic E-state index is 13.3. The van der Waals surface area contributed by atoms with Gasteiger partial charge in [0.15, 0.2) is 47.8 Å². The van der Waals surface area contributed by atoms with Crippen molar-refractivity contribution in [1.29, 1.82) is 0 Å². The Balaban J connectivity index is 0.000000254. The van der Waals surface area contributed by atoms with Crippen LogP contribution in [0.1, 0.15) is 61.4 Å². The predicted molar refractivity (Wildman–Crippen MR) is 312 cm³/mol. The van der Waals surface area contributed by atoms with Crippen LogP contribution in [0.25, 0.3) is 11.2 Å². The van der Waals surface area contributed by atoms with Gasteiger partial charge >= 0.3 is 25.5 Å². The zero-order valence-corrected chi connectivity index (χ0v) is 50.1. The molecule has 32 heteroatoms. The Morgan fingerprint density at radius 3 is 1.75 bits per heavy atom. The van der Waals surface area contributed by atoms with Gasteiger partial charge in [0, 0.05) is 25.9 Å². The van der Waals surface area contributed by atoms with Crippen molar-refractivity contribution in [2.45, 2.75) is 136 Å². The minimum Gasteiger partial charge on any atom is -0.480 e. The van der Waals surface area contributed by atoms with Crippen LogP contribution in [0, 0.1) is 0 Å². The number of unbranched alkanes of at least 4 members (excludes halogenated alkanes) is 1. The Labute approximate surface area is 506 Å². The molecule has 0 aliphatic carbocycles. The Bertz CT molecular complexity index is 3070. The molecule has 0 amide bonds. The van der Waals surface area contributed by atoms with Crippen molar-refractivity contribution in [2.75, 3.05) is 45.0 Å². The van der Waals surface area contributed by atoms with Crippen molar-refractivity contribution in [3.05, 3.63) is 120 Å². The second-order valence-electron chi connectivity index (χ2n) is 21.1. The maximum Gasteiger partial charge on any atom is 0.338 e. The summed E-state index contributed by atoms with van der Waals surface area (Å²) in [6.45, 7) is 1.37. The maximum atomic E-state index is 13.3. The van der Waals surface area contributed by atoms with Gasteiger partial charge in [-0.1, -0.05) is 97.4 Å². The van der Waals surface area contributed by atoms with E-state index in [1.165, 1.54) is 23.9 Å². The number of carbonyl (C=O) groups is 3. The molecule has 4 fully saturated rings. The zero-order valence-electron chi connectivity index (χ0n) is 47.3. The summed E-state index contributed by atoms with van der Waals surface area (Å²) in [5, 5.41) is 103. The van der Waals surface area contributed by atoms with Crippen LogP contribution in [0.4, 0.5) is 5.82 Å². The van der Waals surface area contributed by atoms with E-state index in [1.54, 1.807) is 0 Å². The number of anilines is 1. The number of ether oxygens (including phenoxy) is 5. The smallest absolute Gasteiger partial charge is 0.338 e. The van der Waals surface area contributed by atoms with Crippen molar-refractivity contribution >= 4 is 69.1 Å². The number of cyclic esters (lactones) is 2. The summed E-state index contributed by atoms with van der Waals surface area (Å²) in [5.74, 6) is -2.67. The third-order valence-corrected chi connectivity index (χ3v) is 19.0. The van der Waals surface area contributed by atoms with Gasteiger partial charge in [-0.15, -0.1) is 0 Å². The standard InChI is InChI=1S/C26H43N7O12P2.C24H22O5.C5H8O5.H2S/c1-46(40,8-7-15-19(34)22(37)25(44-15)33-12-32-18-23(29)30-11-31-24(18)33)45-47(2,41)42-10-17-21(36)20(35)16(43-17)9-13(27)5-3-4-6-14(28)26(38)39;25-21-20(29-23(27)22(21)26)16-28-24(17-10-4-1-5-11-17,18-12-6-2-7-13-18)19-14-8-3-9-15-19;6-1-2-3(7)4(8)5(9)10-2;/h11-12,14-17,19-22,25,27,34-37H,3-10,28H2,1-2H3,(H,38,39)(H2,29,30,31);1-15,20-22,25-26H,16H2;2-4,6-8H,1H2;1H2/p+1/t14?,15?,16?,17-,19-,20+,21-,22-,25-,46?,47?;20-,21-,22-;2-,3-,4-;/m111./s1. The molecule has 2 aromatic heterocycles.